The Balaban J connectivity index is 1.89. The fraction of sp³-hybridized carbons (Fsp3) is 0.143. The van der Waals surface area contributed by atoms with Gasteiger partial charge in [-0.2, -0.15) is 0 Å². The van der Waals surface area contributed by atoms with Crippen LogP contribution < -0.4 is 4.90 Å². The Labute approximate surface area is 124 Å². The molecule has 0 saturated carbocycles. The molecule has 0 aliphatic rings. The first-order valence-corrected chi connectivity index (χ1v) is 7.12. The van der Waals surface area contributed by atoms with Gasteiger partial charge in [-0.15, -0.1) is 11.3 Å². The van der Waals surface area contributed by atoms with E-state index in [-0.39, 0.29) is 5.69 Å². The van der Waals surface area contributed by atoms with Gasteiger partial charge < -0.3 is 4.90 Å². The van der Waals surface area contributed by atoms with E-state index in [9.17, 15) is 10.1 Å². The summed E-state index contributed by atoms with van der Waals surface area (Å²) in [6, 6.07) is 10.9. The Hall–Kier alpha value is -2.54. The lowest BCUT2D eigenvalue weighted by Crippen LogP contribution is -2.18. The van der Waals surface area contributed by atoms with Gasteiger partial charge in [0.15, 0.2) is 0 Å². The largest absolute Gasteiger partial charge is 0.347 e. The monoisotopic (exact) mass is 300 g/mol. The predicted molar refractivity (Wildman–Crippen MR) is 82.6 cm³/mol. The molecular formula is C14H12N4O2S. The van der Waals surface area contributed by atoms with E-state index in [1.807, 2.05) is 24.3 Å². The number of anilines is 1. The number of fused-ring (bicyclic) bond motifs is 1. The van der Waals surface area contributed by atoms with Gasteiger partial charge >= 0.3 is 5.69 Å². The quantitative estimate of drug-likeness (QED) is 0.546. The molecular weight excluding hydrogens is 288 g/mol. The van der Waals surface area contributed by atoms with Gasteiger partial charge in [-0.1, -0.05) is 12.1 Å². The molecule has 1 aromatic carbocycles. The second-order valence-corrected chi connectivity index (χ2v) is 5.65. The summed E-state index contributed by atoms with van der Waals surface area (Å²) in [5, 5.41) is 11.9. The van der Waals surface area contributed by atoms with Gasteiger partial charge in [0, 0.05) is 19.3 Å². The summed E-state index contributed by atoms with van der Waals surface area (Å²) in [6.07, 6.45) is 1.55. The van der Waals surface area contributed by atoms with Crippen molar-refractivity contribution in [2.24, 2.45) is 0 Å². The number of rotatable bonds is 4. The number of pyridine rings is 1. The highest BCUT2D eigenvalue weighted by Crippen LogP contribution is 2.27. The topological polar surface area (TPSA) is 72.2 Å². The third kappa shape index (κ3) is 2.68. The van der Waals surface area contributed by atoms with Gasteiger partial charge in [0.2, 0.25) is 5.82 Å². The Morgan fingerprint density at radius 3 is 2.86 bits per heavy atom. The van der Waals surface area contributed by atoms with E-state index in [1.54, 1.807) is 35.5 Å². The molecule has 2 heterocycles. The lowest BCUT2D eigenvalue weighted by atomic mass is 10.3. The molecule has 6 nitrogen and oxygen atoms in total. The van der Waals surface area contributed by atoms with E-state index < -0.39 is 4.92 Å². The summed E-state index contributed by atoms with van der Waals surface area (Å²) in [5.74, 6) is 0.349. The molecule has 0 bridgehead atoms. The number of para-hydroxylation sites is 1. The number of nitro groups is 1. The minimum Gasteiger partial charge on any atom is -0.347 e. The van der Waals surface area contributed by atoms with E-state index in [0.29, 0.717) is 12.4 Å². The van der Waals surface area contributed by atoms with Crippen LogP contribution in [0.3, 0.4) is 0 Å². The molecule has 0 saturated heterocycles. The minimum atomic E-state index is -0.419. The second-order valence-electron chi connectivity index (χ2n) is 4.53. The third-order valence-corrected chi connectivity index (χ3v) is 4.06. The second kappa shape index (κ2) is 5.45. The number of aromatic nitrogens is 2. The SMILES string of the molecule is CN(Cc1nc2ccccc2s1)c1ncccc1[N+](=O)[O-]. The van der Waals surface area contributed by atoms with E-state index >= 15 is 0 Å². The van der Waals surface area contributed by atoms with Crippen molar-refractivity contribution in [1.29, 1.82) is 0 Å². The van der Waals surface area contributed by atoms with Crippen LogP contribution in [-0.4, -0.2) is 21.9 Å². The highest BCUT2D eigenvalue weighted by molar-refractivity contribution is 7.18. The predicted octanol–water partition coefficient (Wildman–Crippen LogP) is 3.24. The fourth-order valence-corrected chi connectivity index (χ4v) is 3.11. The fourth-order valence-electron chi connectivity index (χ4n) is 2.09. The number of benzene rings is 1. The van der Waals surface area contributed by atoms with Crippen molar-refractivity contribution in [3.8, 4) is 0 Å². The standard InChI is InChI=1S/C14H12N4O2S/c1-17(14-11(18(19)20)6-4-8-15-14)9-13-16-10-5-2-3-7-12(10)21-13/h2-8H,9H2,1H3. The summed E-state index contributed by atoms with van der Waals surface area (Å²) < 4.78 is 1.11. The third-order valence-electron chi connectivity index (χ3n) is 3.03. The van der Waals surface area contributed by atoms with E-state index in [0.717, 1.165) is 15.2 Å². The lowest BCUT2D eigenvalue weighted by Gasteiger charge is -2.15. The van der Waals surface area contributed by atoms with E-state index in [1.165, 1.54) is 6.07 Å². The maximum Gasteiger partial charge on any atom is 0.311 e. The van der Waals surface area contributed by atoms with E-state index in [2.05, 4.69) is 9.97 Å². The summed E-state index contributed by atoms with van der Waals surface area (Å²) in [7, 11) is 1.78. The molecule has 0 spiro atoms. The first-order valence-electron chi connectivity index (χ1n) is 6.30. The molecule has 106 valence electrons. The Morgan fingerprint density at radius 2 is 2.10 bits per heavy atom. The molecule has 7 heteroatoms. The maximum absolute atomic E-state index is 11.0. The van der Waals surface area contributed by atoms with Crippen LogP contribution in [0.25, 0.3) is 10.2 Å². The minimum absolute atomic E-state index is 0.00103. The Morgan fingerprint density at radius 1 is 1.29 bits per heavy atom. The normalized spacial score (nSPS) is 10.7. The smallest absolute Gasteiger partial charge is 0.311 e. The number of hydrogen-bond donors (Lipinski definition) is 0. The number of hydrogen-bond acceptors (Lipinski definition) is 6. The zero-order valence-corrected chi connectivity index (χ0v) is 12.1. The molecule has 0 fully saturated rings. The molecule has 21 heavy (non-hydrogen) atoms. The van der Waals surface area contributed by atoms with Gasteiger partial charge in [-0.05, 0) is 18.2 Å². The van der Waals surface area contributed by atoms with Crippen LogP contribution in [0.4, 0.5) is 11.5 Å². The maximum atomic E-state index is 11.0. The summed E-state index contributed by atoms with van der Waals surface area (Å²) >= 11 is 1.58. The molecule has 0 unspecified atom stereocenters. The lowest BCUT2D eigenvalue weighted by molar-refractivity contribution is -0.384. The zero-order valence-electron chi connectivity index (χ0n) is 11.3. The van der Waals surface area contributed by atoms with Crippen LogP contribution in [-0.2, 0) is 6.54 Å². The van der Waals surface area contributed by atoms with Gasteiger partial charge in [-0.3, -0.25) is 10.1 Å². The van der Waals surface area contributed by atoms with Gasteiger partial charge in [0.25, 0.3) is 0 Å². The van der Waals surface area contributed by atoms with Gasteiger partial charge in [0.05, 0.1) is 21.7 Å². The van der Waals surface area contributed by atoms with Crippen LogP contribution in [0.15, 0.2) is 42.6 Å². The van der Waals surface area contributed by atoms with Crippen molar-refractivity contribution in [1.82, 2.24) is 9.97 Å². The van der Waals surface area contributed by atoms with Crippen LogP contribution in [0, 0.1) is 10.1 Å². The van der Waals surface area contributed by atoms with Crippen molar-refractivity contribution >= 4 is 33.1 Å². The first-order chi connectivity index (χ1) is 10.1. The molecule has 0 N–H and O–H groups in total. The van der Waals surface area contributed by atoms with Crippen molar-refractivity contribution in [2.75, 3.05) is 11.9 Å². The molecule has 0 radical (unpaired) electrons. The zero-order chi connectivity index (χ0) is 14.8. The molecule has 0 atom stereocenters. The molecule has 0 aliphatic heterocycles. The summed E-state index contributed by atoms with van der Waals surface area (Å²) in [5.41, 5.74) is 0.947. The van der Waals surface area contributed by atoms with Gasteiger partial charge in [-0.25, -0.2) is 9.97 Å². The molecule has 0 amide bonds. The molecule has 3 aromatic rings. The highest BCUT2D eigenvalue weighted by Gasteiger charge is 2.18. The van der Waals surface area contributed by atoms with Crippen molar-refractivity contribution in [3.63, 3.8) is 0 Å². The van der Waals surface area contributed by atoms with Crippen molar-refractivity contribution < 1.29 is 4.92 Å². The van der Waals surface area contributed by atoms with Gasteiger partial charge in [0.1, 0.15) is 5.01 Å². The molecule has 2 aromatic heterocycles. The molecule has 0 aliphatic carbocycles. The molecule has 3 rings (SSSR count). The first kappa shape index (κ1) is 13.4. The van der Waals surface area contributed by atoms with Crippen molar-refractivity contribution in [2.45, 2.75) is 6.54 Å². The van der Waals surface area contributed by atoms with Crippen LogP contribution in [0.2, 0.25) is 0 Å². The average Bonchev–Trinajstić information content (AvgIpc) is 2.89. The summed E-state index contributed by atoms with van der Waals surface area (Å²) in [4.78, 5) is 21.0. The van der Waals surface area contributed by atoms with Crippen LogP contribution in [0.1, 0.15) is 5.01 Å². The summed E-state index contributed by atoms with van der Waals surface area (Å²) in [6.45, 7) is 0.483. The van der Waals surface area contributed by atoms with Crippen LogP contribution >= 0.6 is 11.3 Å². The average molecular weight is 300 g/mol. The van der Waals surface area contributed by atoms with E-state index in [4.69, 9.17) is 0 Å². The number of thiazole rings is 1. The Bertz CT molecular complexity index is 769. The Kier molecular flexibility index (Phi) is 3.49. The van der Waals surface area contributed by atoms with Crippen LogP contribution in [0.5, 0.6) is 0 Å². The highest BCUT2D eigenvalue weighted by atomic mass is 32.1. The number of nitrogens with zero attached hydrogens (tertiary/aromatic N) is 4. The van der Waals surface area contributed by atoms with Crippen molar-refractivity contribution in [3.05, 3.63) is 57.7 Å².